The number of aliphatic hydroxyl groups is 1. The Labute approximate surface area is 117 Å². The lowest BCUT2D eigenvalue weighted by molar-refractivity contribution is 0.0561. The van der Waals surface area contributed by atoms with E-state index < -0.39 is 5.60 Å². The van der Waals surface area contributed by atoms with Gasteiger partial charge in [-0.1, -0.05) is 0 Å². The minimum absolute atomic E-state index is 0.220. The van der Waals surface area contributed by atoms with E-state index in [4.69, 9.17) is 9.47 Å². The molecule has 0 aliphatic carbocycles. The van der Waals surface area contributed by atoms with Gasteiger partial charge in [-0.2, -0.15) is 0 Å². The summed E-state index contributed by atoms with van der Waals surface area (Å²) in [5.41, 5.74) is -0.340. The van der Waals surface area contributed by atoms with Crippen LogP contribution in [0.5, 0.6) is 11.5 Å². The molecule has 1 atom stereocenters. The molecule has 1 unspecified atom stereocenters. The number of rotatable bonds is 3. The van der Waals surface area contributed by atoms with E-state index in [9.17, 15) is 9.90 Å². The standard InChI is InChI=1S/C14H18N2O4/c17-13(16-9-14(18)3-4-15-8-14)10-1-2-11-12(7-10)20-6-5-19-11/h1-2,7,15,18H,3-6,8-9H2,(H,16,17). The van der Waals surface area contributed by atoms with Gasteiger partial charge in [0.2, 0.25) is 0 Å². The number of carbonyl (C=O) groups is 1. The van der Waals surface area contributed by atoms with Gasteiger partial charge in [0.25, 0.3) is 5.91 Å². The molecule has 1 fully saturated rings. The van der Waals surface area contributed by atoms with Gasteiger partial charge in [0.1, 0.15) is 13.2 Å². The van der Waals surface area contributed by atoms with E-state index in [0.29, 0.717) is 43.2 Å². The first kappa shape index (κ1) is 13.2. The van der Waals surface area contributed by atoms with Gasteiger partial charge in [0, 0.05) is 18.7 Å². The van der Waals surface area contributed by atoms with Crippen LogP contribution in [0.2, 0.25) is 0 Å². The van der Waals surface area contributed by atoms with Gasteiger partial charge in [-0.25, -0.2) is 0 Å². The van der Waals surface area contributed by atoms with Crippen molar-refractivity contribution in [3.05, 3.63) is 23.8 Å². The SMILES string of the molecule is O=C(NCC1(O)CCNC1)c1ccc2c(c1)OCCO2. The molecule has 2 aliphatic rings. The van der Waals surface area contributed by atoms with Crippen molar-refractivity contribution in [3.63, 3.8) is 0 Å². The zero-order valence-corrected chi connectivity index (χ0v) is 11.1. The molecular weight excluding hydrogens is 260 g/mol. The Kier molecular flexibility index (Phi) is 3.50. The first-order valence-electron chi connectivity index (χ1n) is 6.77. The Bertz CT molecular complexity index is 512. The lowest BCUT2D eigenvalue weighted by Gasteiger charge is -2.22. The maximum Gasteiger partial charge on any atom is 0.251 e. The van der Waals surface area contributed by atoms with Crippen molar-refractivity contribution in [1.29, 1.82) is 0 Å². The molecule has 3 rings (SSSR count). The molecule has 2 heterocycles. The third kappa shape index (κ3) is 2.71. The van der Waals surface area contributed by atoms with E-state index in [1.54, 1.807) is 18.2 Å². The van der Waals surface area contributed by atoms with Crippen molar-refractivity contribution < 1.29 is 19.4 Å². The van der Waals surface area contributed by atoms with Crippen molar-refractivity contribution >= 4 is 5.91 Å². The highest BCUT2D eigenvalue weighted by atomic mass is 16.6. The molecule has 1 saturated heterocycles. The zero-order valence-electron chi connectivity index (χ0n) is 11.1. The number of nitrogens with one attached hydrogen (secondary N) is 2. The fraction of sp³-hybridized carbons (Fsp3) is 0.500. The number of ether oxygens (including phenoxy) is 2. The quantitative estimate of drug-likeness (QED) is 0.720. The zero-order chi connectivity index (χ0) is 14.0. The first-order chi connectivity index (χ1) is 9.66. The summed E-state index contributed by atoms with van der Waals surface area (Å²) in [6, 6.07) is 5.09. The predicted octanol–water partition coefficient (Wildman–Crippen LogP) is -0.0880. The molecule has 0 radical (unpaired) electrons. The van der Waals surface area contributed by atoms with Crippen LogP contribution in [-0.2, 0) is 0 Å². The average molecular weight is 278 g/mol. The van der Waals surface area contributed by atoms with Crippen LogP contribution in [0.1, 0.15) is 16.8 Å². The number of fused-ring (bicyclic) bond motifs is 1. The Hall–Kier alpha value is -1.79. The van der Waals surface area contributed by atoms with Crippen LogP contribution in [0.25, 0.3) is 0 Å². The van der Waals surface area contributed by atoms with Gasteiger partial charge in [0.15, 0.2) is 11.5 Å². The highest BCUT2D eigenvalue weighted by molar-refractivity contribution is 5.94. The summed E-state index contributed by atoms with van der Waals surface area (Å²) >= 11 is 0. The van der Waals surface area contributed by atoms with Gasteiger partial charge in [-0.15, -0.1) is 0 Å². The summed E-state index contributed by atoms with van der Waals surface area (Å²) in [5.74, 6) is 1.03. The monoisotopic (exact) mass is 278 g/mol. The van der Waals surface area contributed by atoms with Gasteiger partial charge >= 0.3 is 0 Å². The van der Waals surface area contributed by atoms with Crippen LogP contribution in [0, 0.1) is 0 Å². The fourth-order valence-corrected chi connectivity index (χ4v) is 2.41. The molecule has 0 aromatic heterocycles. The van der Waals surface area contributed by atoms with Crippen LogP contribution in [-0.4, -0.2) is 49.5 Å². The minimum Gasteiger partial charge on any atom is -0.486 e. The van der Waals surface area contributed by atoms with Crippen LogP contribution in [0.15, 0.2) is 18.2 Å². The second-order valence-corrected chi connectivity index (χ2v) is 5.19. The Morgan fingerprint density at radius 3 is 2.90 bits per heavy atom. The molecule has 2 aliphatic heterocycles. The maximum absolute atomic E-state index is 12.1. The molecule has 6 nitrogen and oxygen atoms in total. The summed E-state index contributed by atoms with van der Waals surface area (Å²) < 4.78 is 10.9. The van der Waals surface area contributed by atoms with Gasteiger partial charge in [0.05, 0.1) is 5.60 Å². The topological polar surface area (TPSA) is 79.8 Å². The second kappa shape index (κ2) is 5.30. The van der Waals surface area contributed by atoms with Crippen LogP contribution in [0.4, 0.5) is 0 Å². The van der Waals surface area contributed by atoms with E-state index in [-0.39, 0.29) is 12.5 Å². The largest absolute Gasteiger partial charge is 0.486 e. The molecule has 3 N–H and O–H groups in total. The summed E-state index contributed by atoms with van der Waals surface area (Å²) in [6.45, 7) is 2.54. The highest BCUT2D eigenvalue weighted by Gasteiger charge is 2.31. The predicted molar refractivity (Wildman–Crippen MR) is 72.2 cm³/mol. The van der Waals surface area contributed by atoms with Gasteiger partial charge in [-0.05, 0) is 31.2 Å². The summed E-state index contributed by atoms with van der Waals surface area (Å²) in [6.07, 6.45) is 0.647. The Balaban J connectivity index is 1.65. The Morgan fingerprint density at radius 2 is 2.15 bits per heavy atom. The first-order valence-corrected chi connectivity index (χ1v) is 6.77. The molecule has 1 aromatic rings. The minimum atomic E-state index is -0.844. The molecule has 1 amide bonds. The van der Waals surface area contributed by atoms with E-state index in [1.165, 1.54) is 0 Å². The third-order valence-corrected chi connectivity index (χ3v) is 3.60. The lowest BCUT2D eigenvalue weighted by atomic mass is 10.0. The van der Waals surface area contributed by atoms with Gasteiger partial charge < -0.3 is 25.2 Å². The molecule has 0 bridgehead atoms. The van der Waals surface area contributed by atoms with E-state index in [1.807, 2.05) is 0 Å². The average Bonchev–Trinajstić information content (AvgIpc) is 2.91. The van der Waals surface area contributed by atoms with Crippen molar-refractivity contribution in [3.8, 4) is 11.5 Å². The van der Waals surface area contributed by atoms with E-state index >= 15 is 0 Å². The number of carbonyl (C=O) groups excluding carboxylic acids is 1. The number of hydrogen-bond donors (Lipinski definition) is 3. The molecular formula is C14H18N2O4. The molecule has 108 valence electrons. The van der Waals surface area contributed by atoms with Crippen molar-refractivity contribution in [2.75, 3.05) is 32.8 Å². The Morgan fingerprint density at radius 1 is 1.35 bits per heavy atom. The lowest BCUT2D eigenvalue weighted by Crippen LogP contribution is -2.44. The third-order valence-electron chi connectivity index (χ3n) is 3.60. The number of benzene rings is 1. The number of β-amino-alcohol motifs (C(OH)–C–C–N with tert-alkyl or cyclic N) is 1. The van der Waals surface area contributed by atoms with Crippen molar-refractivity contribution in [2.24, 2.45) is 0 Å². The van der Waals surface area contributed by atoms with Gasteiger partial charge in [-0.3, -0.25) is 4.79 Å². The summed E-state index contributed by atoms with van der Waals surface area (Å²) in [4.78, 5) is 12.1. The molecule has 0 saturated carbocycles. The molecule has 1 aromatic carbocycles. The maximum atomic E-state index is 12.1. The molecule has 6 heteroatoms. The highest BCUT2D eigenvalue weighted by Crippen LogP contribution is 2.30. The summed E-state index contributed by atoms with van der Waals surface area (Å²) in [5, 5.41) is 16.0. The smallest absolute Gasteiger partial charge is 0.251 e. The van der Waals surface area contributed by atoms with Crippen molar-refractivity contribution in [2.45, 2.75) is 12.0 Å². The molecule has 0 spiro atoms. The van der Waals surface area contributed by atoms with Crippen LogP contribution >= 0.6 is 0 Å². The van der Waals surface area contributed by atoms with Crippen LogP contribution < -0.4 is 20.1 Å². The number of hydrogen-bond acceptors (Lipinski definition) is 5. The normalized spacial score (nSPS) is 24.4. The van der Waals surface area contributed by atoms with Crippen LogP contribution in [0.3, 0.4) is 0 Å². The second-order valence-electron chi connectivity index (χ2n) is 5.19. The van der Waals surface area contributed by atoms with Crippen molar-refractivity contribution in [1.82, 2.24) is 10.6 Å². The van der Waals surface area contributed by atoms with E-state index in [2.05, 4.69) is 10.6 Å². The molecule has 20 heavy (non-hydrogen) atoms. The fourth-order valence-electron chi connectivity index (χ4n) is 2.41. The summed E-state index contributed by atoms with van der Waals surface area (Å²) in [7, 11) is 0. The number of amides is 1. The van der Waals surface area contributed by atoms with E-state index in [0.717, 1.165) is 6.54 Å².